The Kier molecular flexibility index (Phi) is 10.2. The molecule has 35 heavy (non-hydrogen) atoms. The fourth-order valence-electron chi connectivity index (χ4n) is 3.04. The third-order valence-electron chi connectivity index (χ3n) is 4.66. The first-order valence-corrected chi connectivity index (χ1v) is 12.5. The molecule has 3 rings (SSSR count). The van der Waals surface area contributed by atoms with Crippen LogP contribution < -0.4 is 30.7 Å². The van der Waals surface area contributed by atoms with E-state index in [1.165, 1.54) is 0 Å². The molecular formula is C25H26Cl2N4O2S2. The van der Waals surface area contributed by atoms with E-state index in [2.05, 4.69) is 21.3 Å². The molecule has 0 fully saturated rings. The van der Waals surface area contributed by atoms with Crippen LogP contribution in [-0.4, -0.2) is 23.4 Å². The van der Waals surface area contributed by atoms with Crippen molar-refractivity contribution in [1.82, 2.24) is 5.32 Å². The lowest BCUT2D eigenvalue weighted by atomic mass is 10.2. The summed E-state index contributed by atoms with van der Waals surface area (Å²) in [4.78, 5) is 0. The summed E-state index contributed by atoms with van der Waals surface area (Å²) in [6, 6.07) is 18.7. The maximum Gasteiger partial charge on any atom is 0.175 e. The van der Waals surface area contributed by atoms with E-state index >= 15 is 0 Å². The van der Waals surface area contributed by atoms with Crippen LogP contribution in [0.2, 0.25) is 10.0 Å². The van der Waals surface area contributed by atoms with Gasteiger partial charge in [0, 0.05) is 12.2 Å². The Hall–Kier alpha value is -2.78. The number of benzene rings is 3. The molecular weight excluding hydrogens is 523 g/mol. The van der Waals surface area contributed by atoms with Crippen molar-refractivity contribution in [3.63, 3.8) is 0 Å². The molecule has 4 N–H and O–H groups in total. The zero-order valence-corrected chi connectivity index (χ0v) is 22.4. The highest BCUT2D eigenvalue weighted by atomic mass is 35.5. The molecule has 3 aromatic carbocycles. The second-order valence-electron chi connectivity index (χ2n) is 7.23. The molecule has 0 unspecified atom stereocenters. The summed E-state index contributed by atoms with van der Waals surface area (Å²) in [7, 11) is 0. The maximum absolute atomic E-state index is 6.46. The fourth-order valence-corrected chi connectivity index (χ4v) is 3.88. The molecule has 0 spiro atoms. The number of rotatable bonds is 9. The Morgan fingerprint density at radius 3 is 1.71 bits per heavy atom. The number of anilines is 3. The molecule has 0 saturated heterocycles. The minimum atomic E-state index is 0.375. The Morgan fingerprint density at radius 1 is 0.714 bits per heavy atom. The average molecular weight is 550 g/mol. The van der Waals surface area contributed by atoms with Crippen LogP contribution in [0.3, 0.4) is 0 Å². The summed E-state index contributed by atoms with van der Waals surface area (Å²) in [6.07, 6.45) is 0. The molecule has 0 radical (unpaired) electrons. The van der Waals surface area contributed by atoms with Gasteiger partial charge < -0.3 is 30.7 Å². The van der Waals surface area contributed by atoms with Gasteiger partial charge in [0.25, 0.3) is 0 Å². The van der Waals surface area contributed by atoms with Gasteiger partial charge >= 0.3 is 0 Å². The molecule has 0 bridgehead atoms. The van der Waals surface area contributed by atoms with E-state index in [4.69, 9.17) is 57.1 Å². The monoisotopic (exact) mass is 548 g/mol. The highest BCUT2D eigenvalue weighted by Gasteiger charge is 2.11. The first-order valence-electron chi connectivity index (χ1n) is 10.9. The third-order valence-corrected chi connectivity index (χ3v) is 5.74. The van der Waals surface area contributed by atoms with Crippen LogP contribution in [0.5, 0.6) is 11.5 Å². The van der Waals surface area contributed by atoms with E-state index in [-0.39, 0.29) is 0 Å². The van der Waals surface area contributed by atoms with Crippen LogP contribution >= 0.6 is 47.6 Å². The smallest absolute Gasteiger partial charge is 0.175 e. The number of hydrogen-bond donors (Lipinski definition) is 4. The van der Waals surface area contributed by atoms with Crippen LogP contribution in [-0.2, 0) is 6.54 Å². The number of nitrogens with one attached hydrogen (secondary N) is 4. The predicted molar refractivity (Wildman–Crippen MR) is 155 cm³/mol. The van der Waals surface area contributed by atoms with E-state index < -0.39 is 0 Å². The second kappa shape index (κ2) is 13.3. The lowest BCUT2D eigenvalue weighted by Gasteiger charge is -2.16. The highest BCUT2D eigenvalue weighted by Crippen LogP contribution is 2.33. The largest absolute Gasteiger partial charge is 0.494 e. The number of thiocarbonyl (C=S) groups is 2. The molecule has 0 atom stereocenters. The highest BCUT2D eigenvalue weighted by molar-refractivity contribution is 7.80. The van der Waals surface area contributed by atoms with Gasteiger partial charge in [-0.15, -0.1) is 0 Å². The molecule has 10 heteroatoms. The summed E-state index contributed by atoms with van der Waals surface area (Å²) in [5, 5.41) is 14.1. The average Bonchev–Trinajstić information content (AvgIpc) is 2.83. The van der Waals surface area contributed by atoms with E-state index in [9.17, 15) is 0 Å². The molecule has 184 valence electrons. The standard InChI is InChI=1S/C25H26Cl2N4O2S2/c1-3-32-18-9-5-16(6-10-18)15-28-24(34)30-22-13-21(27)23(14-20(22)26)31-25(35)29-17-7-11-19(12-8-17)33-4-2/h5-14H,3-4,15H2,1-2H3,(H2,28,30,34)(H2,29,31,35). The van der Waals surface area contributed by atoms with Gasteiger partial charge in [-0.1, -0.05) is 35.3 Å². The van der Waals surface area contributed by atoms with Gasteiger partial charge in [0.1, 0.15) is 11.5 Å². The van der Waals surface area contributed by atoms with Crippen molar-refractivity contribution in [2.45, 2.75) is 20.4 Å². The lowest BCUT2D eigenvalue weighted by molar-refractivity contribution is 0.340. The van der Waals surface area contributed by atoms with Crippen LogP contribution in [0.15, 0.2) is 60.7 Å². The molecule has 0 aliphatic heterocycles. The van der Waals surface area contributed by atoms with Crippen molar-refractivity contribution in [3.05, 3.63) is 76.3 Å². The van der Waals surface area contributed by atoms with E-state index in [1.807, 2.05) is 62.4 Å². The van der Waals surface area contributed by atoms with Crippen LogP contribution in [0.25, 0.3) is 0 Å². The van der Waals surface area contributed by atoms with Crippen LogP contribution in [0.1, 0.15) is 19.4 Å². The zero-order chi connectivity index (χ0) is 25.2. The maximum atomic E-state index is 6.46. The Bertz CT molecular complexity index is 1160. The minimum Gasteiger partial charge on any atom is -0.494 e. The lowest BCUT2D eigenvalue weighted by Crippen LogP contribution is -2.28. The Balaban J connectivity index is 1.54. The third kappa shape index (κ3) is 8.43. The quantitative estimate of drug-likeness (QED) is 0.211. The number of ether oxygens (including phenoxy) is 2. The molecule has 0 heterocycles. The Labute approximate surface area is 226 Å². The Morgan fingerprint density at radius 2 is 1.20 bits per heavy atom. The van der Waals surface area contributed by atoms with Crippen LogP contribution in [0, 0.1) is 0 Å². The van der Waals surface area contributed by atoms with E-state index in [0.717, 1.165) is 22.7 Å². The summed E-state index contributed by atoms with van der Waals surface area (Å²) in [5.41, 5.74) is 3.03. The first-order chi connectivity index (χ1) is 16.9. The van der Waals surface area contributed by atoms with Gasteiger partial charge in [-0.05, 0) is 92.4 Å². The summed E-state index contributed by atoms with van der Waals surface area (Å²) in [6.45, 7) is 5.69. The molecule has 0 saturated carbocycles. The van der Waals surface area contributed by atoms with Gasteiger partial charge in [-0.25, -0.2) is 0 Å². The molecule has 6 nitrogen and oxygen atoms in total. The normalized spacial score (nSPS) is 10.3. The van der Waals surface area contributed by atoms with Crippen LogP contribution in [0.4, 0.5) is 17.1 Å². The zero-order valence-electron chi connectivity index (χ0n) is 19.3. The molecule has 0 aromatic heterocycles. The molecule has 0 amide bonds. The summed E-state index contributed by atoms with van der Waals surface area (Å²) in [5.74, 6) is 1.63. The SMILES string of the molecule is CCOc1ccc(CNC(=S)Nc2cc(Cl)c(NC(=S)Nc3ccc(OCC)cc3)cc2Cl)cc1. The van der Waals surface area contributed by atoms with Gasteiger partial charge in [0.2, 0.25) is 0 Å². The topological polar surface area (TPSA) is 66.6 Å². The fraction of sp³-hybridized carbons (Fsp3) is 0.200. The first kappa shape index (κ1) is 26.8. The van der Waals surface area contributed by atoms with E-state index in [0.29, 0.717) is 51.4 Å². The van der Waals surface area contributed by atoms with Gasteiger partial charge in [-0.3, -0.25) is 0 Å². The summed E-state index contributed by atoms with van der Waals surface area (Å²) < 4.78 is 10.9. The molecule has 0 aliphatic rings. The van der Waals surface area contributed by atoms with E-state index in [1.54, 1.807) is 12.1 Å². The van der Waals surface area contributed by atoms with Crippen molar-refractivity contribution in [3.8, 4) is 11.5 Å². The molecule has 0 aliphatic carbocycles. The van der Waals surface area contributed by atoms with Crippen molar-refractivity contribution < 1.29 is 9.47 Å². The van der Waals surface area contributed by atoms with Crippen molar-refractivity contribution in [1.29, 1.82) is 0 Å². The van der Waals surface area contributed by atoms with Gasteiger partial charge in [-0.2, -0.15) is 0 Å². The molecule has 3 aromatic rings. The van der Waals surface area contributed by atoms with Crippen molar-refractivity contribution in [2.75, 3.05) is 29.2 Å². The minimum absolute atomic E-state index is 0.375. The number of halogens is 2. The summed E-state index contributed by atoms with van der Waals surface area (Å²) >= 11 is 23.7. The van der Waals surface area contributed by atoms with Gasteiger partial charge in [0.05, 0.1) is 34.6 Å². The predicted octanol–water partition coefficient (Wildman–Crippen LogP) is 7.09. The van der Waals surface area contributed by atoms with Crippen molar-refractivity contribution in [2.24, 2.45) is 0 Å². The van der Waals surface area contributed by atoms with Gasteiger partial charge in [0.15, 0.2) is 10.2 Å². The second-order valence-corrected chi connectivity index (χ2v) is 8.86. The van der Waals surface area contributed by atoms with Crippen molar-refractivity contribution >= 4 is 74.9 Å². The number of hydrogen-bond acceptors (Lipinski definition) is 4.